The highest BCUT2D eigenvalue weighted by Gasteiger charge is 2.46. The predicted octanol–water partition coefficient (Wildman–Crippen LogP) is 1.63. The standard InChI is InChI=1S/C16H26F3N3O2/c1-21(2)7-8-22-10-11(9-14(22)23)15(24)20-13-6-4-3-5-12(13)16(17,18)19/h11-13H,3-10H2,1-2H3,(H,20,24)/t11-,12+,13-/m1/s1. The number of hydrogen-bond acceptors (Lipinski definition) is 3. The average Bonchev–Trinajstić information content (AvgIpc) is 2.86. The van der Waals surface area contributed by atoms with E-state index in [1.54, 1.807) is 4.90 Å². The second kappa shape index (κ2) is 7.72. The molecule has 0 aromatic heterocycles. The van der Waals surface area contributed by atoms with Crippen molar-refractivity contribution < 1.29 is 22.8 Å². The number of carbonyl (C=O) groups is 2. The summed E-state index contributed by atoms with van der Waals surface area (Å²) in [5, 5.41) is 2.58. The molecule has 138 valence electrons. The summed E-state index contributed by atoms with van der Waals surface area (Å²) in [6, 6.07) is -0.864. The van der Waals surface area contributed by atoms with Crippen molar-refractivity contribution in [2.24, 2.45) is 11.8 Å². The SMILES string of the molecule is CN(C)CCN1C[C@H](C(=O)N[C@@H]2CCCC[C@@H]2C(F)(F)F)CC1=O. The van der Waals surface area contributed by atoms with E-state index in [-0.39, 0.29) is 18.7 Å². The van der Waals surface area contributed by atoms with Gasteiger partial charge in [0, 0.05) is 32.1 Å². The zero-order valence-electron chi connectivity index (χ0n) is 14.2. The molecule has 0 spiro atoms. The van der Waals surface area contributed by atoms with E-state index in [2.05, 4.69) is 5.32 Å². The molecule has 2 amide bonds. The molecule has 1 saturated heterocycles. The van der Waals surface area contributed by atoms with Crippen LogP contribution in [0.5, 0.6) is 0 Å². The number of nitrogens with zero attached hydrogens (tertiary/aromatic N) is 2. The summed E-state index contributed by atoms with van der Waals surface area (Å²) in [5.74, 6) is -2.54. The lowest BCUT2D eigenvalue weighted by atomic mass is 9.83. The highest BCUT2D eigenvalue weighted by Crippen LogP contribution is 2.38. The highest BCUT2D eigenvalue weighted by molar-refractivity contribution is 5.89. The monoisotopic (exact) mass is 349 g/mol. The molecule has 5 nitrogen and oxygen atoms in total. The Kier molecular flexibility index (Phi) is 6.11. The fourth-order valence-corrected chi connectivity index (χ4v) is 3.48. The fraction of sp³-hybridized carbons (Fsp3) is 0.875. The van der Waals surface area contributed by atoms with Gasteiger partial charge in [-0.1, -0.05) is 12.8 Å². The number of carbonyl (C=O) groups excluding carboxylic acids is 2. The zero-order chi connectivity index (χ0) is 17.9. The Bertz CT molecular complexity index is 468. The maximum Gasteiger partial charge on any atom is 0.393 e. The summed E-state index contributed by atoms with van der Waals surface area (Å²) in [6.45, 7) is 1.52. The van der Waals surface area contributed by atoms with Crippen LogP contribution in [-0.2, 0) is 9.59 Å². The Balaban J connectivity index is 1.91. The van der Waals surface area contributed by atoms with Crippen LogP contribution in [0.3, 0.4) is 0 Å². The van der Waals surface area contributed by atoms with Crippen molar-refractivity contribution in [2.75, 3.05) is 33.7 Å². The molecule has 2 rings (SSSR count). The van der Waals surface area contributed by atoms with Crippen molar-refractivity contribution in [1.29, 1.82) is 0 Å². The second-order valence-corrected chi connectivity index (χ2v) is 7.09. The van der Waals surface area contributed by atoms with E-state index < -0.39 is 30.0 Å². The van der Waals surface area contributed by atoms with Crippen LogP contribution in [0.15, 0.2) is 0 Å². The molecule has 0 radical (unpaired) electrons. The molecule has 0 aromatic rings. The maximum atomic E-state index is 13.1. The minimum absolute atomic E-state index is 0.0625. The molecule has 24 heavy (non-hydrogen) atoms. The number of likely N-dealkylation sites (N-methyl/N-ethyl adjacent to an activating group) is 1. The third-order valence-electron chi connectivity index (χ3n) is 4.92. The van der Waals surface area contributed by atoms with Crippen LogP contribution in [0.1, 0.15) is 32.1 Å². The first kappa shape index (κ1) is 19.0. The molecule has 1 aliphatic heterocycles. The first-order valence-electron chi connectivity index (χ1n) is 8.48. The van der Waals surface area contributed by atoms with Gasteiger partial charge in [0.1, 0.15) is 0 Å². The van der Waals surface area contributed by atoms with Gasteiger partial charge in [0.15, 0.2) is 0 Å². The van der Waals surface area contributed by atoms with Crippen molar-refractivity contribution in [3.63, 3.8) is 0 Å². The van der Waals surface area contributed by atoms with Crippen LogP contribution in [-0.4, -0.2) is 67.6 Å². The zero-order valence-corrected chi connectivity index (χ0v) is 14.2. The van der Waals surface area contributed by atoms with Crippen LogP contribution in [0, 0.1) is 11.8 Å². The van der Waals surface area contributed by atoms with E-state index in [1.807, 2.05) is 19.0 Å². The van der Waals surface area contributed by atoms with Gasteiger partial charge in [-0.15, -0.1) is 0 Å². The van der Waals surface area contributed by atoms with Crippen LogP contribution >= 0.6 is 0 Å². The fourth-order valence-electron chi connectivity index (χ4n) is 3.48. The first-order valence-corrected chi connectivity index (χ1v) is 8.48. The second-order valence-electron chi connectivity index (χ2n) is 7.09. The minimum Gasteiger partial charge on any atom is -0.352 e. The largest absolute Gasteiger partial charge is 0.393 e. The van der Waals surface area contributed by atoms with E-state index in [1.165, 1.54) is 0 Å². The van der Waals surface area contributed by atoms with Crippen LogP contribution in [0.2, 0.25) is 0 Å². The molecular weight excluding hydrogens is 323 g/mol. The van der Waals surface area contributed by atoms with Gasteiger partial charge in [0.25, 0.3) is 0 Å². The van der Waals surface area contributed by atoms with Crippen LogP contribution in [0.25, 0.3) is 0 Å². The number of alkyl halides is 3. The highest BCUT2D eigenvalue weighted by atomic mass is 19.4. The Morgan fingerprint density at radius 3 is 2.58 bits per heavy atom. The molecule has 2 fully saturated rings. The summed E-state index contributed by atoms with van der Waals surface area (Å²) in [6.07, 6.45) is -2.56. The molecule has 1 N–H and O–H groups in total. The Morgan fingerprint density at radius 2 is 1.96 bits per heavy atom. The van der Waals surface area contributed by atoms with Gasteiger partial charge in [0.2, 0.25) is 11.8 Å². The maximum absolute atomic E-state index is 13.1. The summed E-state index contributed by atoms with van der Waals surface area (Å²) in [7, 11) is 3.79. The first-order chi connectivity index (χ1) is 11.2. The number of amides is 2. The quantitative estimate of drug-likeness (QED) is 0.821. The Hall–Kier alpha value is -1.31. The van der Waals surface area contributed by atoms with Crippen molar-refractivity contribution in [2.45, 2.75) is 44.3 Å². The molecular formula is C16H26F3N3O2. The van der Waals surface area contributed by atoms with E-state index in [9.17, 15) is 22.8 Å². The van der Waals surface area contributed by atoms with Gasteiger partial charge < -0.3 is 15.1 Å². The smallest absolute Gasteiger partial charge is 0.352 e. The lowest BCUT2D eigenvalue weighted by molar-refractivity contribution is -0.189. The van der Waals surface area contributed by atoms with E-state index >= 15 is 0 Å². The van der Waals surface area contributed by atoms with Gasteiger partial charge in [0.05, 0.1) is 11.8 Å². The van der Waals surface area contributed by atoms with E-state index in [0.717, 1.165) is 0 Å². The van der Waals surface area contributed by atoms with Gasteiger partial charge in [-0.3, -0.25) is 9.59 Å². The lowest BCUT2D eigenvalue weighted by Crippen LogP contribution is -2.49. The van der Waals surface area contributed by atoms with Crippen molar-refractivity contribution in [1.82, 2.24) is 15.1 Å². The van der Waals surface area contributed by atoms with E-state index in [0.29, 0.717) is 38.9 Å². The van der Waals surface area contributed by atoms with E-state index in [4.69, 9.17) is 0 Å². The van der Waals surface area contributed by atoms with Gasteiger partial charge in [-0.2, -0.15) is 13.2 Å². The average molecular weight is 349 g/mol. The molecule has 0 bridgehead atoms. The third-order valence-corrected chi connectivity index (χ3v) is 4.92. The van der Waals surface area contributed by atoms with Crippen molar-refractivity contribution >= 4 is 11.8 Å². The summed E-state index contributed by atoms with van der Waals surface area (Å²) in [5.41, 5.74) is 0. The topological polar surface area (TPSA) is 52.6 Å². The summed E-state index contributed by atoms with van der Waals surface area (Å²) in [4.78, 5) is 27.9. The number of rotatable bonds is 5. The summed E-state index contributed by atoms with van der Waals surface area (Å²) >= 11 is 0. The normalized spacial score (nSPS) is 28.5. The minimum atomic E-state index is -4.29. The number of halogens is 3. The van der Waals surface area contributed by atoms with Crippen LogP contribution < -0.4 is 5.32 Å². The number of hydrogen-bond donors (Lipinski definition) is 1. The van der Waals surface area contributed by atoms with Gasteiger partial charge >= 0.3 is 6.18 Å². The molecule has 0 aromatic carbocycles. The summed E-state index contributed by atoms with van der Waals surface area (Å²) < 4.78 is 39.3. The van der Waals surface area contributed by atoms with Gasteiger partial charge in [-0.25, -0.2) is 0 Å². The molecule has 3 atom stereocenters. The van der Waals surface area contributed by atoms with Gasteiger partial charge in [-0.05, 0) is 26.9 Å². The molecule has 8 heteroatoms. The lowest BCUT2D eigenvalue weighted by Gasteiger charge is -2.34. The molecule has 1 aliphatic carbocycles. The molecule has 2 aliphatic rings. The van der Waals surface area contributed by atoms with Crippen molar-refractivity contribution in [3.05, 3.63) is 0 Å². The number of nitrogens with one attached hydrogen (secondary N) is 1. The number of likely N-dealkylation sites (tertiary alicyclic amines) is 1. The van der Waals surface area contributed by atoms with Crippen LogP contribution in [0.4, 0.5) is 13.2 Å². The molecule has 0 unspecified atom stereocenters. The molecule has 1 saturated carbocycles. The predicted molar refractivity (Wildman–Crippen MR) is 83.2 cm³/mol. The molecule has 1 heterocycles. The Labute approximate surface area is 140 Å². The Morgan fingerprint density at radius 1 is 1.29 bits per heavy atom. The third kappa shape index (κ3) is 4.84. The van der Waals surface area contributed by atoms with Crippen molar-refractivity contribution in [3.8, 4) is 0 Å².